The molecule has 4 rings (SSSR count). The molecular formula is C23H24N4O3S. The van der Waals surface area contributed by atoms with Crippen LogP contribution in [0.3, 0.4) is 0 Å². The zero-order valence-electron chi connectivity index (χ0n) is 17.5. The van der Waals surface area contributed by atoms with Gasteiger partial charge in [0, 0.05) is 30.8 Å². The number of esters is 1. The van der Waals surface area contributed by atoms with E-state index in [2.05, 4.69) is 10.4 Å². The van der Waals surface area contributed by atoms with Crippen molar-refractivity contribution in [3.8, 4) is 11.4 Å². The Bertz CT molecular complexity index is 1080. The van der Waals surface area contributed by atoms with E-state index in [0.29, 0.717) is 30.4 Å². The first kappa shape index (κ1) is 20.9. The number of anilines is 1. The predicted octanol–water partition coefficient (Wildman–Crippen LogP) is 3.81. The first-order chi connectivity index (χ1) is 15.1. The Hall–Kier alpha value is -3.39. The number of aromatic nitrogens is 2. The van der Waals surface area contributed by atoms with Gasteiger partial charge in [-0.15, -0.1) is 0 Å². The van der Waals surface area contributed by atoms with Crippen molar-refractivity contribution >= 4 is 29.0 Å². The van der Waals surface area contributed by atoms with Gasteiger partial charge in [-0.3, -0.25) is 0 Å². The Morgan fingerprint density at radius 1 is 1.16 bits per heavy atom. The fraction of sp³-hybridized carbons (Fsp3) is 0.261. The normalized spacial score (nSPS) is 12.8. The number of fused-ring (bicyclic) bond motifs is 1. The SMILES string of the molecule is CCOC(=O)c1nn(-c2ccc(OC)cc2)c2c1CN(C(=S)Nc1ccccc1)CC2. The number of hydrogen-bond acceptors (Lipinski definition) is 5. The maximum absolute atomic E-state index is 12.6. The highest BCUT2D eigenvalue weighted by Gasteiger charge is 2.30. The van der Waals surface area contributed by atoms with Crippen molar-refractivity contribution < 1.29 is 14.3 Å². The smallest absolute Gasteiger partial charge is 0.359 e. The summed E-state index contributed by atoms with van der Waals surface area (Å²) < 4.78 is 12.3. The van der Waals surface area contributed by atoms with Crippen molar-refractivity contribution in [2.24, 2.45) is 0 Å². The van der Waals surface area contributed by atoms with E-state index in [9.17, 15) is 4.79 Å². The van der Waals surface area contributed by atoms with Gasteiger partial charge in [0.15, 0.2) is 10.8 Å². The van der Waals surface area contributed by atoms with Gasteiger partial charge in [0.2, 0.25) is 0 Å². The van der Waals surface area contributed by atoms with E-state index < -0.39 is 5.97 Å². The molecule has 0 fully saturated rings. The van der Waals surface area contributed by atoms with Crippen molar-refractivity contribution in [1.82, 2.24) is 14.7 Å². The van der Waals surface area contributed by atoms with E-state index in [0.717, 1.165) is 34.9 Å². The highest BCUT2D eigenvalue weighted by molar-refractivity contribution is 7.80. The van der Waals surface area contributed by atoms with E-state index in [4.69, 9.17) is 21.7 Å². The molecule has 0 radical (unpaired) electrons. The zero-order chi connectivity index (χ0) is 21.8. The molecule has 1 aliphatic rings. The molecule has 1 aromatic heterocycles. The summed E-state index contributed by atoms with van der Waals surface area (Å²) in [6.45, 7) is 3.28. The maximum atomic E-state index is 12.6. The molecule has 0 atom stereocenters. The highest BCUT2D eigenvalue weighted by atomic mass is 32.1. The lowest BCUT2D eigenvalue weighted by Gasteiger charge is -2.30. The minimum absolute atomic E-state index is 0.292. The Kier molecular flexibility index (Phi) is 6.18. The van der Waals surface area contributed by atoms with Gasteiger partial charge in [-0.25, -0.2) is 9.48 Å². The van der Waals surface area contributed by atoms with Crippen molar-refractivity contribution in [2.45, 2.75) is 19.9 Å². The van der Waals surface area contributed by atoms with E-state index in [1.54, 1.807) is 14.0 Å². The number of benzene rings is 2. The van der Waals surface area contributed by atoms with Crippen LogP contribution in [0.25, 0.3) is 5.69 Å². The number of rotatable bonds is 5. The van der Waals surface area contributed by atoms with Crippen LogP contribution in [0, 0.1) is 0 Å². The lowest BCUT2D eigenvalue weighted by atomic mass is 10.1. The third kappa shape index (κ3) is 4.39. The van der Waals surface area contributed by atoms with Gasteiger partial charge < -0.3 is 19.7 Å². The molecule has 160 valence electrons. The molecule has 0 saturated heterocycles. The number of para-hydroxylation sites is 1. The first-order valence-corrected chi connectivity index (χ1v) is 10.5. The van der Waals surface area contributed by atoms with Crippen LogP contribution in [0.15, 0.2) is 54.6 Å². The molecule has 0 unspecified atom stereocenters. The Balaban J connectivity index is 1.64. The molecule has 0 bridgehead atoms. The van der Waals surface area contributed by atoms with E-state index >= 15 is 0 Å². The highest BCUT2D eigenvalue weighted by Crippen LogP contribution is 2.27. The average molecular weight is 437 g/mol. The van der Waals surface area contributed by atoms with Crippen LogP contribution < -0.4 is 10.1 Å². The van der Waals surface area contributed by atoms with Crippen molar-refractivity contribution in [3.63, 3.8) is 0 Å². The van der Waals surface area contributed by atoms with Gasteiger partial charge in [0.1, 0.15) is 5.75 Å². The van der Waals surface area contributed by atoms with Crippen LogP contribution in [0.2, 0.25) is 0 Å². The van der Waals surface area contributed by atoms with Crippen LogP contribution >= 0.6 is 12.2 Å². The average Bonchev–Trinajstić information content (AvgIpc) is 3.19. The number of ether oxygens (including phenoxy) is 2. The molecular weight excluding hydrogens is 412 g/mol. The summed E-state index contributed by atoms with van der Waals surface area (Å²) in [5.41, 5.74) is 3.97. The molecule has 2 heterocycles. The molecule has 0 aliphatic carbocycles. The summed E-state index contributed by atoms with van der Waals surface area (Å²) >= 11 is 5.63. The summed E-state index contributed by atoms with van der Waals surface area (Å²) in [5, 5.41) is 8.51. The molecule has 0 saturated carbocycles. The quantitative estimate of drug-likeness (QED) is 0.482. The molecule has 8 heteroatoms. The Morgan fingerprint density at radius 3 is 2.58 bits per heavy atom. The molecule has 2 aromatic carbocycles. The second-order valence-electron chi connectivity index (χ2n) is 7.07. The molecule has 31 heavy (non-hydrogen) atoms. The predicted molar refractivity (Wildman–Crippen MR) is 123 cm³/mol. The fourth-order valence-corrected chi connectivity index (χ4v) is 3.89. The van der Waals surface area contributed by atoms with E-state index in [1.807, 2.05) is 64.2 Å². The molecule has 3 aromatic rings. The minimum atomic E-state index is -0.421. The van der Waals surface area contributed by atoms with Gasteiger partial charge in [0.25, 0.3) is 0 Å². The van der Waals surface area contributed by atoms with Gasteiger partial charge >= 0.3 is 5.97 Å². The van der Waals surface area contributed by atoms with Crippen LogP contribution in [0.4, 0.5) is 5.69 Å². The Morgan fingerprint density at radius 2 is 1.90 bits per heavy atom. The van der Waals surface area contributed by atoms with E-state index in [-0.39, 0.29) is 0 Å². The largest absolute Gasteiger partial charge is 0.497 e. The summed E-state index contributed by atoms with van der Waals surface area (Å²) in [7, 11) is 1.63. The van der Waals surface area contributed by atoms with Crippen molar-refractivity contribution in [2.75, 3.05) is 25.6 Å². The standard InChI is InChI=1S/C23H24N4O3S/c1-3-30-22(28)21-19-15-26(23(31)24-16-7-5-4-6-8-16)14-13-20(19)27(25-21)17-9-11-18(29-2)12-10-17/h4-12H,3,13-15H2,1-2H3,(H,24,31). The van der Waals surface area contributed by atoms with Crippen LogP contribution in [-0.2, 0) is 17.7 Å². The fourth-order valence-electron chi connectivity index (χ4n) is 3.62. The summed E-state index contributed by atoms with van der Waals surface area (Å²) in [6.07, 6.45) is 0.699. The van der Waals surface area contributed by atoms with Crippen LogP contribution in [-0.4, -0.2) is 46.0 Å². The van der Waals surface area contributed by atoms with Gasteiger partial charge in [-0.2, -0.15) is 5.10 Å². The first-order valence-electron chi connectivity index (χ1n) is 10.1. The van der Waals surface area contributed by atoms with Gasteiger partial charge in [-0.1, -0.05) is 18.2 Å². The third-order valence-corrected chi connectivity index (χ3v) is 5.52. The summed E-state index contributed by atoms with van der Waals surface area (Å²) in [5.74, 6) is 0.341. The molecule has 1 aliphatic heterocycles. The minimum Gasteiger partial charge on any atom is -0.497 e. The van der Waals surface area contributed by atoms with Crippen molar-refractivity contribution in [1.29, 1.82) is 0 Å². The number of nitrogens with one attached hydrogen (secondary N) is 1. The molecule has 0 amide bonds. The number of methoxy groups -OCH3 is 1. The van der Waals surface area contributed by atoms with Gasteiger partial charge in [0.05, 0.1) is 25.1 Å². The summed E-state index contributed by atoms with van der Waals surface area (Å²) in [6, 6.07) is 17.4. The number of hydrogen-bond donors (Lipinski definition) is 1. The monoisotopic (exact) mass is 436 g/mol. The topological polar surface area (TPSA) is 68.6 Å². The lowest BCUT2D eigenvalue weighted by molar-refractivity contribution is 0.0517. The van der Waals surface area contributed by atoms with E-state index in [1.165, 1.54) is 0 Å². The van der Waals surface area contributed by atoms with Crippen molar-refractivity contribution in [3.05, 3.63) is 71.5 Å². The summed E-state index contributed by atoms with van der Waals surface area (Å²) in [4.78, 5) is 14.7. The van der Waals surface area contributed by atoms with Crippen LogP contribution in [0.1, 0.15) is 28.7 Å². The lowest BCUT2D eigenvalue weighted by Crippen LogP contribution is -2.39. The maximum Gasteiger partial charge on any atom is 0.359 e. The molecule has 1 N–H and O–H groups in total. The number of thiocarbonyl (C=S) groups is 1. The number of carbonyl (C=O) groups excluding carboxylic acids is 1. The zero-order valence-corrected chi connectivity index (χ0v) is 18.3. The molecule has 7 nitrogen and oxygen atoms in total. The number of nitrogens with zero attached hydrogens (tertiary/aromatic N) is 3. The number of carbonyl (C=O) groups is 1. The van der Waals surface area contributed by atoms with Gasteiger partial charge in [-0.05, 0) is 55.5 Å². The Labute approximate surface area is 186 Å². The van der Waals surface area contributed by atoms with Crippen LogP contribution in [0.5, 0.6) is 5.75 Å². The molecule has 0 spiro atoms. The second-order valence-corrected chi connectivity index (χ2v) is 7.46. The third-order valence-electron chi connectivity index (χ3n) is 5.16. The second kappa shape index (κ2) is 9.18.